The normalized spacial score (nSPS) is 19.5. The standard InChI is InChI=1S/C14H30N2O2/c1-11(2)14(8-16(3)4)15-7-13(17)10-18-9-12-5-6-12/h11-15,17H,5-10H2,1-4H3. The van der Waals surface area contributed by atoms with Crippen molar-refractivity contribution in [2.75, 3.05) is 40.4 Å². The van der Waals surface area contributed by atoms with E-state index in [0.29, 0.717) is 25.1 Å². The van der Waals surface area contributed by atoms with Gasteiger partial charge in [0.05, 0.1) is 12.7 Å². The fourth-order valence-electron chi connectivity index (χ4n) is 1.91. The lowest BCUT2D eigenvalue weighted by Crippen LogP contribution is -2.45. The summed E-state index contributed by atoms with van der Waals surface area (Å²) in [6.45, 7) is 7.29. The summed E-state index contributed by atoms with van der Waals surface area (Å²) in [6.07, 6.45) is 2.20. The first kappa shape index (κ1) is 15.9. The third-order valence-corrected chi connectivity index (χ3v) is 3.34. The maximum Gasteiger partial charge on any atom is 0.0897 e. The van der Waals surface area contributed by atoms with Crippen molar-refractivity contribution in [3.05, 3.63) is 0 Å². The van der Waals surface area contributed by atoms with Gasteiger partial charge in [0.25, 0.3) is 0 Å². The highest BCUT2D eigenvalue weighted by Gasteiger charge is 2.22. The number of ether oxygens (including phenoxy) is 1. The lowest BCUT2D eigenvalue weighted by atomic mass is 10.0. The third kappa shape index (κ3) is 7.31. The highest BCUT2D eigenvalue weighted by Crippen LogP contribution is 2.28. The van der Waals surface area contributed by atoms with Crippen molar-refractivity contribution in [3.63, 3.8) is 0 Å². The second-order valence-corrected chi connectivity index (χ2v) is 6.16. The molecule has 0 bridgehead atoms. The zero-order valence-electron chi connectivity index (χ0n) is 12.4. The first-order valence-corrected chi connectivity index (χ1v) is 7.13. The summed E-state index contributed by atoms with van der Waals surface area (Å²) in [4.78, 5) is 2.17. The van der Waals surface area contributed by atoms with E-state index in [-0.39, 0.29) is 0 Å². The maximum absolute atomic E-state index is 9.85. The van der Waals surface area contributed by atoms with Crippen molar-refractivity contribution in [3.8, 4) is 0 Å². The Balaban J connectivity index is 2.10. The minimum absolute atomic E-state index is 0.396. The minimum atomic E-state index is -0.396. The lowest BCUT2D eigenvalue weighted by Gasteiger charge is -2.26. The minimum Gasteiger partial charge on any atom is -0.389 e. The summed E-state index contributed by atoms with van der Waals surface area (Å²) >= 11 is 0. The zero-order chi connectivity index (χ0) is 13.5. The van der Waals surface area contributed by atoms with Crippen LogP contribution in [0.2, 0.25) is 0 Å². The molecule has 108 valence electrons. The molecule has 2 N–H and O–H groups in total. The van der Waals surface area contributed by atoms with Gasteiger partial charge in [0.1, 0.15) is 0 Å². The van der Waals surface area contributed by atoms with E-state index in [1.807, 2.05) is 0 Å². The molecule has 4 nitrogen and oxygen atoms in total. The Labute approximate surface area is 112 Å². The molecule has 1 fully saturated rings. The molecule has 1 aliphatic rings. The van der Waals surface area contributed by atoms with Gasteiger partial charge in [0.15, 0.2) is 0 Å². The van der Waals surface area contributed by atoms with Crippen LogP contribution in [0.5, 0.6) is 0 Å². The summed E-state index contributed by atoms with van der Waals surface area (Å²) in [5.74, 6) is 1.33. The van der Waals surface area contributed by atoms with E-state index in [1.54, 1.807) is 0 Å². The van der Waals surface area contributed by atoms with E-state index in [0.717, 1.165) is 19.1 Å². The molecule has 0 amide bonds. The molecule has 0 saturated heterocycles. The SMILES string of the molecule is CC(C)C(CN(C)C)NCC(O)COCC1CC1. The number of likely N-dealkylation sites (N-methyl/N-ethyl adjacent to an activating group) is 1. The van der Waals surface area contributed by atoms with Crippen molar-refractivity contribution in [1.82, 2.24) is 10.2 Å². The van der Waals surface area contributed by atoms with Gasteiger partial charge < -0.3 is 20.1 Å². The first-order valence-electron chi connectivity index (χ1n) is 7.13. The Kier molecular flexibility index (Phi) is 7.15. The van der Waals surface area contributed by atoms with Crippen LogP contribution in [-0.4, -0.2) is 62.6 Å². The van der Waals surface area contributed by atoms with Crippen LogP contribution in [-0.2, 0) is 4.74 Å². The van der Waals surface area contributed by atoms with Crippen LogP contribution < -0.4 is 5.32 Å². The highest BCUT2D eigenvalue weighted by atomic mass is 16.5. The number of aliphatic hydroxyl groups is 1. The molecule has 0 aromatic heterocycles. The third-order valence-electron chi connectivity index (χ3n) is 3.34. The topological polar surface area (TPSA) is 44.7 Å². The molecule has 18 heavy (non-hydrogen) atoms. The van der Waals surface area contributed by atoms with E-state index >= 15 is 0 Å². The Bertz CT molecular complexity index is 218. The predicted molar refractivity (Wildman–Crippen MR) is 74.7 cm³/mol. The molecular weight excluding hydrogens is 228 g/mol. The summed E-state index contributed by atoms with van der Waals surface area (Å²) in [5, 5.41) is 13.3. The summed E-state index contributed by atoms with van der Waals surface area (Å²) in [5.41, 5.74) is 0. The molecule has 2 unspecified atom stereocenters. The molecule has 0 spiro atoms. The number of hydrogen-bond acceptors (Lipinski definition) is 4. The van der Waals surface area contributed by atoms with E-state index in [4.69, 9.17) is 4.74 Å². The zero-order valence-corrected chi connectivity index (χ0v) is 12.4. The first-order chi connectivity index (χ1) is 8.49. The molecule has 2 atom stereocenters. The van der Waals surface area contributed by atoms with Gasteiger partial charge in [0.2, 0.25) is 0 Å². The Morgan fingerprint density at radius 3 is 2.50 bits per heavy atom. The summed E-state index contributed by atoms with van der Waals surface area (Å²) < 4.78 is 5.49. The van der Waals surface area contributed by atoms with Crippen LogP contribution in [0.25, 0.3) is 0 Å². The summed E-state index contributed by atoms with van der Waals surface area (Å²) in [7, 11) is 4.15. The average Bonchev–Trinajstić information content (AvgIpc) is 3.07. The fourth-order valence-corrected chi connectivity index (χ4v) is 1.91. The van der Waals surface area contributed by atoms with Gasteiger partial charge in [-0.1, -0.05) is 13.8 Å². The van der Waals surface area contributed by atoms with Gasteiger partial charge in [-0.15, -0.1) is 0 Å². The molecule has 0 radical (unpaired) electrons. The average molecular weight is 258 g/mol. The van der Waals surface area contributed by atoms with Gasteiger partial charge >= 0.3 is 0 Å². The van der Waals surface area contributed by atoms with Gasteiger partial charge in [-0.2, -0.15) is 0 Å². The fraction of sp³-hybridized carbons (Fsp3) is 1.00. The van der Waals surface area contributed by atoms with Crippen LogP contribution in [0, 0.1) is 11.8 Å². The summed E-state index contributed by atoms with van der Waals surface area (Å²) in [6, 6.07) is 0.415. The van der Waals surface area contributed by atoms with Crippen LogP contribution in [0.1, 0.15) is 26.7 Å². The van der Waals surface area contributed by atoms with Crippen molar-refractivity contribution >= 4 is 0 Å². The second kappa shape index (κ2) is 8.10. The van der Waals surface area contributed by atoms with Gasteiger partial charge in [-0.25, -0.2) is 0 Å². The van der Waals surface area contributed by atoms with E-state index in [2.05, 4.69) is 38.2 Å². The molecule has 0 aromatic carbocycles. The van der Waals surface area contributed by atoms with E-state index in [9.17, 15) is 5.11 Å². The molecule has 1 saturated carbocycles. The van der Waals surface area contributed by atoms with Gasteiger partial charge in [0, 0.05) is 25.7 Å². The molecule has 0 aromatic rings. The molecule has 1 aliphatic carbocycles. The van der Waals surface area contributed by atoms with Gasteiger partial charge in [-0.3, -0.25) is 0 Å². The van der Waals surface area contributed by atoms with Crippen molar-refractivity contribution in [2.24, 2.45) is 11.8 Å². The number of nitrogens with one attached hydrogen (secondary N) is 1. The molecule has 1 rings (SSSR count). The Morgan fingerprint density at radius 1 is 1.33 bits per heavy atom. The van der Waals surface area contributed by atoms with Crippen LogP contribution in [0.15, 0.2) is 0 Å². The van der Waals surface area contributed by atoms with Crippen LogP contribution in [0.4, 0.5) is 0 Å². The van der Waals surface area contributed by atoms with Gasteiger partial charge in [-0.05, 0) is 38.8 Å². The number of nitrogens with zero attached hydrogens (tertiary/aromatic N) is 1. The molecule has 4 heteroatoms. The Hall–Kier alpha value is -0.160. The largest absolute Gasteiger partial charge is 0.389 e. The van der Waals surface area contributed by atoms with Crippen LogP contribution in [0.3, 0.4) is 0 Å². The smallest absolute Gasteiger partial charge is 0.0897 e. The maximum atomic E-state index is 9.85. The second-order valence-electron chi connectivity index (χ2n) is 6.16. The van der Waals surface area contributed by atoms with E-state index in [1.165, 1.54) is 12.8 Å². The molecule has 0 heterocycles. The molecular formula is C14H30N2O2. The number of aliphatic hydroxyl groups excluding tert-OH is 1. The number of hydrogen-bond donors (Lipinski definition) is 2. The quantitative estimate of drug-likeness (QED) is 0.612. The van der Waals surface area contributed by atoms with Crippen molar-refractivity contribution < 1.29 is 9.84 Å². The predicted octanol–water partition coefficient (Wildman–Crippen LogP) is 0.950. The lowest BCUT2D eigenvalue weighted by molar-refractivity contribution is 0.0300. The van der Waals surface area contributed by atoms with E-state index < -0.39 is 6.10 Å². The van der Waals surface area contributed by atoms with Crippen LogP contribution >= 0.6 is 0 Å². The van der Waals surface area contributed by atoms with Crippen molar-refractivity contribution in [1.29, 1.82) is 0 Å². The number of rotatable bonds is 10. The Morgan fingerprint density at radius 2 is 2.00 bits per heavy atom. The monoisotopic (exact) mass is 258 g/mol. The highest BCUT2D eigenvalue weighted by molar-refractivity contribution is 4.75. The molecule has 0 aliphatic heterocycles. The van der Waals surface area contributed by atoms with Crippen molar-refractivity contribution in [2.45, 2.75) is 38.8 Å².